The van der Waals surface area contributed by atoms with Gasteiger partial charge < -0.3 is 10.1 Å². The van der Waals surface area contributed by atoms with Crippen molar-refractivity contribution in [2.24, 2.45) is 0 Å². The van der Waals surface area contributed by atoms with Crippen LogP contribution in [-0.2, 0) is 4.74 Å². The summed E-state index contributed by atoms with van der Waals surface area (Å²) < 4.78 is 6.05. The van der Waals surface area contributed by atoms with Crippen LogP contribution < -0.4 is 5.32 Å². The molecule has 1 saturated carbocycles. The Balaban J connectivity index is 1.77. The molecule has 2 heteroatoms. The van der Waals surface area contributed by atoms with Crippen LogP contribution in [0.2, 0.25) is 0 Å². The van der Waals surface area contributed by atoms with Crippen molar-refractivity contribution in [1.29, 1.82) is 0 Å². The van der Waals surface area contributed by atoms with Crippen molar-refractivity contribution in [3.63, 3.8) is 0 Å². The van der Waals surface area contributed by atoms with Crippen LogP contribution in [0.25, 0.3) is 0 Å². The Bertz CT molecular complexity index is 148. The molecule has 1 saturated heterocycles. The van der Waals surface area contributed by atoms with Crippen LogP contribution in [0.4, 0.5) is 0 Å². The molecule has 70 valence electrons. The standard InChI is InChI=1S/C10H19NO/c1-10(7-11-8-10)12-9-5-3-2-4-6-9/h9,11H,2-8H2,1H3. The maximum atomic E-state index is 6.05. The average molecular weight is 169 g/mol. The molecule has 2 aliphatic rings. The van der Waals surface area contributed by atoms with Crippen LogP contribution in [0, 0.1) is 0 Å². The third-order valence-electron chi connectivity index (χ3n) is 3.00. The van der Waals surface area contributed by atoms with Crippen LogP contribution in [-0.4, -0.2) is 24.8 Å². The van der Waals surface area contributed by atoms with Crippen LogP contribution in [0.1, 0.15) is 39.0 Å². The Morgan fingerprint density at radius 2 is 1.83 bits per heavy atom. The Morgan fingerprint density at radius 3 is 2.33 bits per heavy atom. The molecule has 0 aromatic heterocycles. The van der Waals surface area contributed by atoms with Gasteiger partial charge in [0, 0.05) is 13.1 Å². The third-order valence-corrected chi connectivity index (χ3v) is 3.00. The summed E-state index contributed by atoms with van der Waals surface area (Å²) in [5.74, 6) is 0. The molecule has 1 aliphatic heterocycles. The molecule has 0 atom stereocenters. The molecule has 0 radical (unpaired) electrons. The second kappa shape index (κ2) is 3.35. The third kappa shape index (κ3) is 1.80. The van der Waals surface area contributed by atoms with Gasteiger partial charge in [-0.15, -0.1) is 0 Å². The molecule has 2 nitrogen and oxygen atoms in total. The minimum atomic E-state index is 0.169. The van der Waals surface area contributed by atoms with E-state index in [2.05, 4.69) is 12.2 Å². The van der Waals surface area contributed by atoms with Gasteiger partial charge in [0.15, 0.2) is 0 Å². The fourth-order valence-corrected chi connectivity index (χ4v) is 2.15. The molecule has 2 fully saturated rings. The normalized spacial score (nSPS) is 29.8. The summed E-state index contributed by atoms with van der Waals surface area (Å²) in [6.07, 6.45) is 7.29. The van der Waals surface area contributed by atoms with Gasteiger partial charge in [0.2, 0.25) is 0 Å². The zero-order valence-corrected chi connectivity index (χ0v) is 7.94. The van der Waals surface area contributed by atoms with Crippen molar-refractivity contribution in [2.45, 2.75) is 50.7 Å². The first kappa shape index (κ1) is 8.52. The number of rotatable bonds is 2. The fourth-order valence-electron chi connectivity index (χ4n) is 2.15. The van der Waals surface area contributed by atoms with Gasteiger partial charge in [-0.1, -0.05) is 19.3 Å². The van der Waals surface area contributed by atoms with Gasteiger partial charge in [-0.25, -0.2) is 0 Å². The molecule has 0 aromatic carbocycles. The van der Waals surface area contributed by atoms with Crippen molar-refractivity contribution in [2.75, 3.05) is 13.1 Å². The first-order valence-corrected chi connectivity index (χ1v) is 5.17. The highest BCUT2D eigenvalue weighted by atomic mass is 16.5. The lowest BCUT2D eigenvalue weighted by atomic mass is 9.94. The molecule has 2 rings (SSSR count). The number of ether oxygens (including phenoxy) is 1. The lowest BCUT2D eigenvalue weighted by Crippen LogP contribution is -2.60. The summed E-state index contributed by atoms with van der Waals surface area (Å²) >= 11 is 0. The van der Waals surface area contributed by atoms with Crippen molar-refractivity contribution >= 4 is 0 Å². The summed E-state index contributed by atoms with van der Waals surface area (Å²) in [5.41, 5.74) is 0.169. The molecule has 0 aromatic rings. The Hall–Kier alpha value is -0.0800. The summed E-state index contributed by atoms with van der Waals surface area (Å²) in [6, 6.07) is 0. The number of hydrogen-bond acceptors (Lipinski definition) is 2. The first-order chi connectivity index (χ1) is 5.79. The van der Waals surface area contributed by atoms with Crippen molar-refractivity contribution in [1.82, 2.24) is 5.32 Å². The minimum Gasteiger partial charge on any atom is -0.369 e. The molecule has 1 heterocycles. The van der Waals surface area contributed by atoms with Gasteiger partial charge in [-0.2, -0.15) is 0 Å². The van der Waals surface area contributed by atoms with Gasteiger partial charge in [0.05, 0.1) is 11.7 Å². The molecule has 0 spiro atoms. The Labute approximate surface area is 74.7 Å². The van der Waals surface area contributed by atoms with E-state index in [0.29, 0.717) is 6.10 Å². The lowest BCUT2D eigenvalue weighted by molar-refractivity contribution is -0.120. The molecule has 12 heavy (non-hydrogen) atoms. The summed E-state index contributed by atoms with van der Waals surface area (Å²) in [4.78, 5) is 0. The number of nitrogens with one attached hydrogen (secondary N) is 1. The van der Waals surface area contributed by atoms with Gasteiger partial charge in [-0.05, 0) is 19.8 Å². The van der Waals surface area contributed by atoms with E-state index in [-0.39, 0.29) is 5.60 Å². The quantitative estimate of drug-likeness (QED) is 0.679. The van der Waals surface area contributed by atoms with E-state index in [1.807, 2.05) is 0 Å². The van der Waals surface area contributed by atoms with Crippen LogP contribution in [0.3, 0.4) is 0 Å². The maximum Gasteiger partial charge on any atom is 0.0905 e. The second-order valence-electron chi connectivity index (χ2n) is 4.43. The van der Waals surface area contributed by atoms with E-state index in [0.717, 1.165) is 13.1 Å². The first-order valence-electron chi connectivity index (χ1n) is 5.17. The number of hydrogen-bond donors (Lipinski definition) is 1. The zero-order chi connectivity index (χ0) is 8.44. The monoisotopic (exact) mass is 169 g/mol. The molecule has 1 N–H and O–H groups in total. The zero-order valence-electron chi connectivity index (χ0n) is 7.94. The average Bonchev–Trinajstić information content (AvgIpc) is 2.04. The highest BCUT2D eigenvalue weighted by Crippen LogP contribution is 2.26. The van der Waals surface area contributed by atoms with Crippen molar-refractivity contribution < 1.29 is 4.74 Å². The Kier molecular flexibility index (Phi) is 2.37. The second-order valence-corrected chi connectivity index (χ2v) is 4.43. The van der Waals surface area contributed by atoms with Gasteiger partial charge >= 0.3 is 0 Å². The van der Waals surface area contributed by atoms with E-state index >= 15 is 0 Å². The van der Waals surface area contributed by atoms with Crippen molar-refractivity contribution in [3.8, 4) is 0 Å². The topological polar surface area (TPSA) is 21.3 Å². The van der Waals surface area contributed by atoms with Gasteiger partial charge in [0.1, 0.15) is 0 Å². The van der Waals surface area contributed by atoms with Crippen molar-refractivity contribution in [3.05, 3.63) is 0 Å². The molecular formula is C10H19NO. The highest BCUT2D eigenvalue weighted by Gasteiger charge is 2.35. The summed E-state index contributed by atoms with van der Waals surface area (Å²) in [7, 11) is 0. The maximum absolute atomic E-state index is 6.05. The molecular weight excluding hydrogens is 150 g/mol. The van der Waals surface area contributed by atoms with E-state index in [1.165, 1.54) is 32.1 Å². The highest BCUT2D eigenvalue weighted by molar-refractivity contribution is 4.91. The van der Waals surface area contributed by atoms with Gasteiger partial charge in [0.25, 0.3) is 0 Å². The SMILES string of the molecule is CC1(OC2CCCCC2)CNC1. The molecule has 0 amide bonds. The Morgan fingerprint density at radius 1 is 1.17 bits per heavy atom. The van der Waals surface area contributed by atoms with Crippen LogP contribution in [0.15, 0.2) is 0 Å². The smallest absolute Gasteiger partial charge is 0.0905 e. The van der Waals surface area contributed by atoms with E-state index in [1.54, 1.807) is 0 Å². The van der Waals surface area contributed by atoms with Crippen LogP contribution >= 0.6 is 0 Å². The largest absolute Gasteiger partial charge is 0.369 e. The predicted molar refractivity (Wildman–Crippen MR) is 49.2 cm³/mol. The molecule has 0 bridgehead atoms. The minimum absolute atomic E-state index is 0.169. The fraction of sp³-hybridized carbons (Fsp3) is 1.00. The summed E-state index contributed by atoms with van der Waals surface area (Å²) in [6.45, 7) is 4.31. The van der Waals surface area contributed by atoms with Gasteiger partial charge in [-0.3, -0.25) is 0 Å². The lowest BCUT2D eigenvalue weighted by Gasteiger charge is -2.42. The molecule has 1 aliphatic carbocycles. The van der Waals surface area contributed by atoms with Crippen LogP contribution in [0.5, 0.6) is 0 Å². The molecule has 0 unspecified atom stereocenters. The van der Waals surface area contributed by atoms with E-state index in [4.69, 9.17) is 4.74 Å². The predicted octanol–water partition coefficient (Wildman–Crippen LogP) is 1.70. The summed E-state index contributed by atoms with van der Waals surface area (Å²) in [5, 5.41) is 3.27. The van der Waals surface area contributed by atoms with E-state index in [9.17, 15) is 0 Å². The van der Waals surface area contributed by atoms with E-state index < -0.39 is 0 Å².